The van der Waals surface area contributed by atoms with Gasteiger partial charge in [0.1, 0.15) is 0 Å². The molecule has 1 N–H and O–H groups in total. The van der Waals surface area contributed by atoms with Crippen molar-refractivity contribution in [3.63, 3.8) is 0 Å². The zero-order valence-corrected chi connectivity index (χ0v) is 11.5. The lowest BCUT2D eigenvalue weighted by Crippen LogP contribution is -2.46. The molecule has 0 aromatic carbocycles. The average Bonchev–Trinajstić information content (AvgIpc) is 3.23. The zero-order chi connectivity index (χ0) is 11.8. The lowest BCUT2D eigenvalue weighted by Gasteiger charge is -2.39. The van der Waals surface area contributed by atoms with Crippen LogP contribution in [-0.2, 0) is 0 Å². The summed E-state index contributed by atoms with van der Waals surface area (Å²) < 4.78 is 0. The standard InChI is InChI=1S/C15H28N2/c1-16-13-7-9-14(10-8-13)17(2)15(11-3-4-11)12-5-6-12/h11-16H,3-10H2,1-2H3. The average molecular weight is 236 g/mol. The second-order valence-electron chi connectivity index (χ2n) is 6.63. The maximum absolute atomic E-state index is 3.44. The van der Waals surface area contributed by atoms with Crippen LogP contribution >= 0.6 is 0 Å². The van der Waals surface area contributed by atoms with Crippen molar-refractivity contribution in [2.75, 3.05) is 14.1 Å². The molecule has 3 fully saturated rings. The maximum atomic E-state index is 3.44. The summed E-state index contributed by atoms with van der Waals surface area (Å²) in [6, 6.07) is 2.62. The third-order valence-corrected chi connectivity index (χ3v) is 5.36. The molecule has 0 radical (unpaired) electrons. The van der Waals surface area contributed by atoms with Crippen molar-refractivity contribution in [2.24, 2.45) is 11.8 Å². The van der Waals surface area contributed by atoms with E-state index in [0.29, 0.717) is 0 Å². The van der Waals surface area contributed by atoms with Gasteiger partial charge in [0, 0.05) is 18.1 Å². The largest absolute Gasteiger partial charge is 0.317 e. The van der Waals surface area contributed by atoms with Gasteiger partial charge in [-0.1, -0.05) is 0 Å². The Morgan fingerprint density at radius 2 is 1.41 bits per heavy atom. The highest BCUT2D eigenvalue weighted by molar-refractivity contribution is 4.99. The molecule has 0 atom stereocenters. The van der Waals surface area contributed by atoms with E-state index in [0.717, 1.165) is 30.0 Å². The van der Waals surface area contributed by atoms with E-state index in [-0.39, 0.29) is 0 Å². The second kappa shape index (κ2) is 4.89. The van der Waals surface area contributed by atoms with Crippen LogP contribution in [0, 0.1) is 11.8 Å². The van der Waals surface area contributed by atoms with Gasteiger partial charge in [0.2, 0.25) is 0 Å². The minimum Gasteiger partial charge on any atom is -0.317 e. The van der Waals surface area contributed by atoms with Crippen molar-refractivity contribution in [3.8, 4) is 0 Å². The van der Waals surface area contributed by atoms with E-state index in [1.807, 2.05) is 0 Å². The first-order valence-electron chi connectivity index (χ1n) is 7.68. The third kappa shape index (κ3) is 2.68. The molecule has 0 bridgehead atoms. The van der Waals surface area contributed by atoms with E-state index in [4.69, 9.17) is 0 Å². The summed E-state index contributed by atoms with van der Waals surface area (Å²) in [7, 11) is 4.54. The first-order valence-corrected chi connectivity index (χ1v) is 7.68. The first kappa shape index (κ1) is 12.0. The molecule has 0 amide bonds. The minimum atomic E-state index is 0.792. The molecule has 2 heteroatoms. The Kier molecular flexibility index (Phi) is 3.45. The summed E-state index contributed by atoms with van der Waals surface area (Å²) >= 11 is 0. The van der Waals surface area contributed by atoms with Crippen LogP contribution in [0.4, 0.5) is 0 Å². The molecule has 0 aliphatic heterocycles. The van der Waals surface area contributed by atoms with Crippen molar-refractivity contribution < 1.29 is 0 Å². The van der Waals surface area contributed by atoms with Gasteiger partial charge in [-0.2, -0.15) is 0 Å². The van der Waals surface area contributed by atoms with Crippen LogP contribution in [0.3, 0.4) is 0 Å². The first-order chi connectivity index (χ1) is 8.29. The van der Waals surface area contributed by atoms with E-state index >= 15 is 0 Å². The van der Waals surface area contributed by atoms with Crippen LogP contribution in [0.1, 0.15) is 51.4 Å². The van der Waals surface area contributed by atoms with Gasteiger partial charge in [-0.25, -0.2) is 0 Å². The number of nitrogens with zero attached hydrogens (tertiary/aromatic N) is 1. The lowest BCUT2D eigenvalue weighted by molar-refractivity contribution is 0.102. The smallest absolute Gasteiger partial charge is 0.0152 e. The summed E-state index contributed by atoms with van der Waals surface area (Å²) in [5.74, 6) is 2.13. The molecule has 3 aliphatic carbocycles. The van der Waals surface area contributed by atoms with Crippen LogP contribution in [0.5, 0.6) is 0 Å². The van der Waals surface area contributed by atoms with E-state index < -0.39 is 0 Å². The van der Waals surface area contributed by atoms with Gasteiger partial charge in [0.05, 0.1) is 0 Å². The second-order valence-corrected chi connectivity index (χ2v) is 6.63. The predicted molar refractivity (Wildman–Crippen MR) is 72.1 cm³/mol. The van der Waals surface area contributed by atoms with Gasteiger partial charge >= 0.3 is 0 Å². The molecule has 0 unspecified atom stereocenters. The fraction of sp³-hybridized carbons (Fsp3) is 1.00. The lowest BCUT2D eigenvalue weighted by atomic mass is 9.89. The topological polar surface area (TPSA) is 15.3 Å². The van der Waals surface area contributed by atoms with Crippen LogP contribution in [0.15, 0.2) is 0 Å². The third-order valence-electron chi connectivity index (χ3n) is 5.36. The monoisotopic (exact) mass is 236 g/mol. The van der Waals surface area contributed by atoms with Crippen LogP contribution in [0.25, 0.3) is 0 Å². The van der Waals surface area contributed by atoms with Crippen LogP contribution in [-0.4, -0.2) is 37.1 Å². The Hall–Kier alpha value is -0.0800. The summed E-state index contributed by atoms with van der Waals surface area (Å²) in [5, 5.41) is 3.44. The molecule has 98 valence electrons. The summed E-state index contributed by atoms with van der Waals surface area (Å²) in [5.41, 5.74) is 0. The predicted octanol–water partition coefficient (Wildman–Crippen LogP) is 2.64. The normalized spacial score (nSPS) is 34.6. The highest BCUT2D eigenvalue weighted by atomic mass is 15.2. The summed E-state index contributed by atoms with van der Waals surface area (Å²) in [4.78, 5) is 2.79. The molecule has 3 saturated carbocycles. The number of hydrogen-bond acceptors (Lipinski definition) is 2. The van der Waals surface area contributed by atoms with Crippen LogP contribution < -0.4 is 5.32 Å². The van der Waals surface area contributed by atoms with Crippen molar-refractivity contribution in [3.05, 3.63) is 0 Å². The van der Waals surface area contributed by atoms with Gasteiger partial charge in [0.15, 0.2) is 0 Å². The van der Waals surface area contributed by atoms with Gasteiger partial charge in [0.25, 0.3) is 0 Å². The van der Waals surface area contributed by atoms with Gasteiger partial charge in [-0.05, 0) is 77.3 Å². The molecule has 3 rings (SSSR count). The maximum Gasteiger partial charge on any atom is 0.0152 e. The van der Waals surface area contributed by atoms with Crippen molar-refractivity contribution >= 4 is 0 Å². The molecule has 17 heavy (non-hydrogen) atoms. The Bertz CT molecular complexity index is 238. The van der Waals surface area contributed by atoms with Gasteiger partial charge in [-0.15, -0.1) is 0 Å². The molecular formula is C15H28N2. The molecule has 0 saturated heterocycles. The summed E-state index contributed by atoms with van der Waals surface area (Å²) in [6.07, 6.45) is 11.6. The van der Waals surface area contributed by atoms with Gasteiger partial charge in [-0.3, -0.25) is 4.90 Å². The van der Waals surface area contributed by atoms with E-state index in [1.165, 1.54) is 51.4 Å². The zero-order valence-electron chi connectivity index (χ0n) is 11.5. The fourth-order valence-electron chi connectivity index (χ4n) is 3.94. The Morgan fingerprint density at radius 3 is 1.82 bits per heavy atom. The number of rotatable bonds is 5. The number of hydrogen-bond donors (Lipinski definition) is 1. The Labute approximate surface area is 106 Å². The van der Waals surface area contributed by atoms with E-state index in [9.17, 15) is 0 Å². The minimum absolute atomic E-state index is 0.792. The van der Waals surface area contributed by atoms with Gasteiger partial charge < -0.3 is 5.32 Å². The van der Waals surface area contributed by atoms with E-state index in [1.54, 1.807) is 0 Å². The molecule has 0 aromatic heterocycles. The summed E-state index contributed by atoms with van der Waals surface area (Å²) in [6.45, 7) is 0. The fourth-order valence-corrected chi connectivity index (χ4v) is 3.94. The molecular weight excluding hydrogens is 208 g/mol. The van der Waals surface area contributed by atoms with Crippen molar-refractivity contribution in [2.45, 2.75) is 69.5 Å². The Balaban J connectivity index is 1.55. The molecule has 3 aliphatic rings. The highest BCUT2D eigenvalue weighted by Gasteiger charge is 2.45. The number of nitrogens with one attached hydrogen (secondary N) is 1. The molecule has 0 spiro atoms. The molecule has 0 aromatic rings. The van der Waals surface area contributed by atoms with Crippen molar-refractivity contribution in [1.82, 2.24) is 10.2 Å². The van der Waals surface area contributed by atoms with Crippen molar-refractivity contribution in [1.29, 1.82) is 0 Å². The van der Waals surface area contributed by atoms with E-state index in [2.05, 4.69) is 24.3 Å². The highest BCUT2D eigenvalue weighted by Crippen LogP contribution is 2.48. The molecule has 0 heterocycles. The Morgan fingerprint density at radius 1 is 0.882 bits per heavy atom. The molecule has 2 nitrogen and oxygen atoms in total. The SMILES string of the molecule is CNC1CCC(N(C)C(C2CC2)C2CC2)CC1. The van der Waals surface area contributed by atoms with Crippen LogP contribution in [0.2, 0.25) is 0 Å². The quantitative estimate of drug-likeness (QED) is 0.789.